The lowest BCUT2D eigenvalue weighted by molar-refractivity contribution is -0.141. The molecule has 0 spiro atoms. The molecule has 1 unspecified atom stereocenters. The van der Waals surface area contributed by atoms with Crippen LogP contribution in [0.2, 0.25) is 0 Å². The number of aliphatic carboxylic acids is 1. The molecule has 0 radical (unpaired) electrons. The highest BCUT2D eigenvalue weighted by Gasteiger charge is 2.27. The SMILES string of the molecule is CC(C)CCN1CCC(C(=O)O)C1. The van der Waals surface area contributed by atoms with Crippen LogP contribution in [0.3, 0.4) is 0 Å². The Morgan fingerprint density at radius 1 is 1.62 bits per heavy atom. The lowest BCUT2D eigenvalue weighted by Gasteiger charge is -2.16. The second-order valence-corrected chi connectivity index (χ2v) is 4.31. The summed E-state index contributed by atoms with van der Waals surface area (Å²) in [6.07, 6.45) is 2.00. The van der Waals surface area contributed by atoms with E-state index in [0.29, 0.717) is 5.92 Å². The molecule has 3 nitrogen and oxygen atoms in total. The van der Waals surface area contributed by atoms with Crippen molar-refractivity contribution in [1.29, 1.82) is 0 Å². The first kappa shape index (κ1) is 10.5. The van der Waals surface area contributed by atoms with Gasteiger partial charge in [0, 0.05) is 6.54 Å². The Morgan fingerprint density at radius 2 is 2.31 bits per heavy atom. The fraction of sp³-hybridized carbons (Fsp3) is 0.900. The summed E-state index contributed by atoms with van der Waals surface area (Å²) in [5, 5.41) is 8.78. The van der Waals surface area contributed by atoms with Crippen molar-refractivity contribution in [2.75, 3.05) is 19.6 Å². The Bertz CT molecular complexity index is 180. The van der Waals surface area contributed by atoms with Gasteiger partial charge in [0.05, 0.1) is 5.92 Å². The summed E-state index contributed by atoms with van der Waals surface area (Å²) in [5.74, 6) is -0.0388. The monoisotopic (exact) mass is 185 g/mol. The van der Waals surface area contributed by atoms with Gasteiger partial charge in [0.25, 0.3) is 0 Å². The third-order valence-corrected chi connectivity index (χ3v) is 2.64. The van der Waals surface area contributed by atoms with E-state index >= 15 is 0 Å². The molecule has 1 N–H and O–H groups in total. The molecule has 0 bridgehead atoms. The number of likely N-dealkylation sites (tertiary alicyclic amines) is 1. The maximum atomic E-state index is 10.7. The molecule has 13 heavy (non-hydrogen) atoms. The Labute approximate surface area is 79.7 Å². The van der Waals surface area contributed by atoms with Crippen molar-refractivity contribution in [2.24, 2.45) is 11.8 Å². The van der Waals surface area contributed by atoms with E-state index in [1.54, 1.807) is 0 Å². The smallest absolute Gasteiger partial charge is 0.307 e. The van der Waals surface area contributed by atoms with Gasteiger partial charge in [-0.15, -0.1) is 0 Å². The molecule has 0 aliphatic carbocycles. The Morgan fingerprint density at radius 3 is 2.77 bits per heavy atom. The topological polar surface area (TPSA) is 40.5 Å². The summed E-state index contributed by atoms with van der Waals surface area (Å²) in [7, 11) is 0. The molecule has 1 aliphatic heterocycles. The lowest BCUT2D eigenvalue weighted by Crippen LogP contribution is -2.25. The fourth-order valence-electron chi connectivity index (χ4n) is 1.68. The zero-order valence-electron chi connectivity index (χ0n) is 8.49. The Kier molecular flexibility index (Phi) is 3.72. The molecule has 1 atom stereocenters. The van der Waals surface area contributed by atoms with Crippen molar-refractivity contribution in [3.8, 4) is 0 Å². The van der Waals surface area contributed by atoms with Gasteiger partial charge < -0.3 is 10.0 Å². The van der Waals surface area contributed by atoms with Crippen molar-refractivity contribution in [1.82, 2.24) is 4.90 Å². The largest absolute Gasteiger partial charge is 0.481 e. The summed E-state index contributed by atoms with van der Waals surface area (Å²) in [6.45, 7) is 7.17. The molecule has 3 heteroatoms. The average Bonchev–Trinajstić information content (AvgIpc) is 2.48. The number of carboxylic acid groups (broad SMARTS) is 1. The average molecular weight is 185 g/mol. The molecule has 1 rings (SSSR count). The predicted molar refractivity (Wildman–Crippen MR) is 51.6 cm³/mol. The molecule has 0 aromatic carbocycles. The zero-order chi connectivity index (χ0) is 9.84. The van der Waals surface area contributed by atoms with Crippen molar-refractivity contribution in [3.05, 3.63) is 0 Å². The highest BCUT2D eigenvalue weighted by atomic mass is 16.4. The first-order valence-electron chi connectivity index (χ1n) is 5.04. The van der Waals surface area contributed by atoms with Gasteiger partial charge in [-0.3, -0.25) is 4.79 Å². The van der Waals surface area contributed by atoms with Gasteiger partial charge in [-0.1, -0.05) is 13.8 Å². The fourth-order valence-corrected chi connectivity index (χ4v) is 1.68. The summed E-state index contributed by atoms with van der Waals surface area (Å²) < 4.78 is 0. The molecule has 0 saturated carbocycles. The van der Waals surface area contributed by atoms with Crippen molar-refractivity contribution in [3.63, 3.8) is 0 Å². The number of rotatable bonds is 4. The normalized spacial score (nSPS) is 24.1. The minimum atomic E-state index is -0.632. The van der Waals surface area contributed by atoms with Gasteiger partial charge in [0.1, 0.15) is 0 Å². The number of carboxylic acids is 1. The van der Waals surface area contributed by atoms with E-state index in [1.807, 2.05) is 0 Å². The summed E-state index contributed by atoms with van der Waals surface area (Å²) in [4.78, 5) is 12.9. The van der Waals surface area contributed by atoms with E-state index < -0.39 is 5.97 Å². The molecule has 1 fully saturated rings. The molecular formula is C10H19NO2. The number of carbonyl (C=O) groups is 1. The van der Waals surface area contributed by atoms with E-state index in [-0.39, 0.29) is 5.92 Å². The van der Waals surface area contributed by atoms with Crippen LogP contribution in [0.5, 0.6) is 0 Å². The quantitative estimate of drug-likeness (QED) is 0.720. The third kappa shape index (κ3) is 3.35. The van der Waals surface area contributed by atoms with Crippen molar-refractivity contribution < 1.29 is 9.90 Å². The maximum Gasteiger partial charge on any atom is 0.307 e. The minimum Gasteiger partial charge on any atom is -0.481 e. The van der Waals surface area contributed by atoms with E-state index in [1.165, 1.54) is 6.42 Å². The van der Waals surface area contributed by atoms with Gasteiger partial charge in [-0.05, 0) is 31.8 Å². The first-order chi connectivity index (χ1) is 6.09. The molecule has 1 aliphatic rings. The van der Waals surface area contributed by atoms with Crippen LogP contribution in [0.15, 0.2) is 0 Å². The van der Waals surface area contributed by atoms with Crippen LogP contribution < -0.4 is 0 Å². The molecule has 0 aromatic rings. The molecule has 1 heterocycles. The van der Waals surface area contributed by atoms with E-state index in [4.69, 9.17) is 5.11 Å². The van der Waals surface area contributed by atoms with Gasteiger partial charge >= 0.3 is 5.97 Å². The zero-order valence-corrected chi connectivity index (χ0v) is 8.49. The second kappa shape index (κ2) is 4.61. The van der Waals surface area contributed by atoms with Crippen LogP contribution in [-0.4, -0.2) is 35.6 Å². The van der Waals surface area contributed by atoms with Gasteiger partial charge in [0.15, 0.2) is 0 Å². The maximum absolute atomic E-state index is 10.7. The van der Waals surface area contributed by atoms with Crippen molar-refractivity contribution >= 4 is 5.97 Å². The summed E-state index contributed by atoms with van der Waals surface area (Å²) in [6, 6.07) is 0. The molecule has 76 valence electrons. The van der Waals surface area contributed by atoms with Gasteiger partial charge in [0.2, 0.25) is 0 Å². The minimum absolute atomic E-state index is 0.118. The van der Waals surface area contributed by atoms with Crippen LogP contribution in [0.4, 0.5) is 0 Å². The van der Waals surface area contributed by atoms with E-state index in [2.05, 4.69) is 18.7 Å². The predicted octanol–water partition coefficient (Wildman–Crippen LogP) is 1.44. The van der Waals surface area contributed by atoms with Crippen LogP contribution in [0, 0.1) is 11.8 Å². The molecule has 0 aromatic heterocycles. The number of nitrogens with zero attached hydrogens (tertiary/aromatic N) is 1. The van der Waals surface area contributed by atoms with Gasteiger partial charge in [-0.25, -0.2) is 0 Å². The number of hydrogen-bond donors (Lipinski definition) is 1. The Hall–Kier alpha value is -0.570. The van der Waals surface area contributed by atoms with Crippen LogP contribution >= 0.6 is 0 Å². The summed E-state index contributed by atoms with van der Waals surface area (Å²) in [5.41, 5.74) is 0. The van der Waals surface area contributed by atoms with Crippen LogP contribution in [-0.2, 0) is 4.79 Å². The van der Waals surface area contributed by atoms with E-state index in [0.717, 1.165) is 26.1 Å². The standard InChI is InChI=1S/C10H19NO2/c1-8(2)3-5-11-6-4-9(7-11)10(12)13/h8-9H,3-7H2,1-2H3,(H,12,13). The number of hydrogen-bond acceptors (Lipinski definition) is 2. The molecule has 1 saturated heterocycles. The van der Waals surface area contributed by atoms with Crippen LogP contribution in [0.25, 0.3) is 0 Å². The highest BCUT2D eigenvalue weighted by Crippen LogP contribution is 2.17. The molecule has 0 amide bonds. The third-order valence-electron chi connectivity index (χ3n) is 2.64. The van der Waals surface area contributed by atoms with E-state index in [9.17, 15) is 4.79 Å². The van der Waals surface area contributed by atoms with Gasteiger partial charge in [-0.2, -0.15) is 0 Å². The van der Waals surface area contributed by atoms with Crippen LogP contribution in [0.1, 0.15) is 26.7 Å². The summed E-state index contributed by atoms with van der Waals surface area (Å²) >= 11 is 0. The second-order valence-electron chi connectivity index (χ2n) is 4.31. The lowest BCUT2D eigenvalue weighted by atomic mass is 10.1. The first-order valence-corrected chi connectivity index (χ1v) is 5.04. The highest BCUT2D eigenvalue weighted by molar-refractivity contribution is 5.70. The molecular weight excluding hydrogens is 166 g/mol. The Balaban J connectivity index is 2.21. The van der Waals surface area contributed by atoms with Crippen molar-refractivity contribution in [2.45, 2.75) is 26.7 Å².